The number of hydrogen-bond acceptors (Lipinski definition) is 7. The standard InChI is InChI=1S/C23H23ClF3N5O3/c24-16-2-3-18-14(10-16)1-4-19(28-18)29-20(33)9-13-5-7-32(8-6-13)22-31-30-21(34-22)15-11-17(12-15)35-23(25,26)27/h1-4,10,13,15,17H,5-9,11-12H2,(H,28,29,33). The first-order chi connectivity index (χ1) is 16.7. The molecule has 0 spiro atoms. The Bertz CT molecular complexity index is 1210. The van der Waals surface area contributed by atoms with E-state index in [2.05, 4.69) is 25.2 Å². The minimum atomic E-state index is -4.63. The fraction of sp³-hybridized carbons (Fsp3) is 0.478. The van der Waals surface area contributed by atoms with Crippen molar-refractivity contribution < 1.29 is 27.1 Å². The summed E-state index contributed by atoms with van der Waals surface area (Å²) in [5.41, 5.74) is 0.754. The molecule has 186 valence electrons. The van der Waals surface area contributed by atoms with E-state index in [1.54, 1.807) is 12.1 Å². The molecule has 1 aliphatic carbocycles. The van der Waals surface area contributed by atoms with Crippen molar-refractivity contribution in [3.63, 3.8) is 0 Å². The number of halogens is 4. The molecule has 1 N–H and O–H groups in total. The molecular formula is C23H23ClF3N5O3. The summed E-state index contributed by atoms with van der Waals surface area (Å²) in [4.78, 5) is 19.0. The van der Waals surface area contributed by atoms with Crippen molar-refractivity contribution in [1.82, 2.24) is 15.2 Å². The van der Waals surface area contributed by atoms with Crippen LogP contribution in [0.1, 0.15) is 43.9 Å². The lowest BCUT2D eigenvalue weighted by atomic mass is 9.82. The van der Waals surface area contributed by atoms with E-state index in [1.807, 2.05) is 23.1 Å². The van der Waals surface area contributed by atoms with Crippen LogP contribution in [0.15, 0.2) is 34.7 Å². The number of alkyl halides is 3. The molecule has 0 radical (unpaired) electrons. The molecule has 1 saturated carbocycles. The van der Waals surface area contributed by atoms with Crippen molar-refractivity contribution in [2.24, 2.45) is 5.92 Å². The quantitative estimate of drug-likeness (QED) is 0.482. The number of aromatic nitrogens is 3. The van der Waals surface area contributed by atoms with Crippen molar-refractivity contribution >= 4 is 40.2 Å². The lowest BCUT2D eigenvalue weighted by Crippen LogP contribution is -2.35. The monoisotopic (exact) mass is 509 g/mol. The molecule has 35 heavy (non-hydrogen) atoms. The fourth-order valence-corrected chi connectivity index (χ4v) is 4.70. The van der Waals surface area contributed by atoms with E-state index in [9.17, 15) is 18.0 Å². The number of nitrogens with zero attached hydrogens (tertiary/aromatic N) is 4. The predicted molar refractivity (Wildman–Crippen MR) is 122 cm³/mol. The van der Waals surface area contributed by atoms with Crippen molar-refractivity contribution in [2.75, 3.05) is 23.3 Å². The Morgan fingerprint density at radius 3 is 2.69 bits per heavy atom. The molecule has 12 heteroatoms. The Labute approximate surface area is 203 Å². The summed E-state index contributed by atoms with van der Waals surface area (Å²) < 4.78 is 46.6. The van der Waals surface area contributed by atoms with Gasteiger partial charge in [-0.15, -0.1) is 18.3 Å². The third-order valence-corrected chi connectivity index (χ3v) is 6.69. The Morgan fingerprint density at radius 2 is 1.94 bits per heavy atom. The molecule has 0 atom stereocenters. The second kappa shape index (κ2) is 9.62. The molecule has 2 fully saturated rings. The molecule has 1 aliphatic heterocycles. The lowest BCUT2D eigenvalue weighted by Gasteiger charge is -2.33. The minimum absolute atomic E-state index is 0.0926. The van der Waals surface area contributed by atoms with Gasteiger partial charge >= 0.3 is 12.4 Å². The van der Waals surface area contributed by atoms with Crippen molar-refractivity contribution in [1.29, 1.82) is 0 Å². The molecule has 1 amide bonds. The topological polar surface area (TPSA) is 93.4 Å². The lowest BCUT2D eigenvalue weighted by molar-refractivity contribution is -0.352. The van der Waals surface area contributed by atoms with Gasteiger partial charge in [0, 0.05) is 35.8 Å². The number of piperidine rings is 1. The van der Waals surface area contributed by atoms with E-state index in [-0.39, 0.29) is 30.6 Å². The molecule has 1 aromatic carbocycles. The van der Waals surface area contributed by atoms with Crippen LogP contribution in [0.4, 0.5) is 25.0 Å². The van der Waals surface area contributed by atoms with Gasteiger partial charge in [0.15, 0.2) is 0 Å². The number of carbonyl (C=O) groups excluding carboxylic acids is 1. The van der Waals surface area contributed by atoms with E-state index in [0.29, 0.717) is 42.3 Å². The molecule has 8 nitrogen and oxygen atoms in total. The zero-order valence-electron chi connectivity index (χ0n) is 18.6. The number of fused-ring (bicyclic) bond motifs is 1. The molecule has 2 aromatic heterocycles. The first-order valence-corrected chi connectivity index (χ1v) is 11.8. The number of anilines is 2. The predicted octanol–water partition coefficient (Wildman–Crippen LogP) is 5.30. The fourth-order valence-electron chi connectivity index (χ4n) is 4.52. The highest BCUT2D eigenvalue weighted by Crippen LogP contribution is 2.41. The van der Waals surface area contributed by atoms with E-state index in [0.717, 1.165) is 23.7 Å². The number of amides is 1. The van der Waals surface area contributed by atoms with Crippen LogP contribution in [-0.4, -0.2) is 46.6 Å². The van der Waals surface area contributed by atoms with E-state index in [1.165, 1.54) is 0 Å². The first-order valence-electron chi connectivity index (χ1n) is 11.4. The number of carbonyl (C=O) groups is 1. The third kappa shape index (κ3) is 5.84. The zero-order valence-corrected chi connectivity index (χ0v) is 19.3. The van der Waals surface area contributed by atoms with E-state index >= 15 is 0 Å². The average molecular weight is 510 g/mol. The largest absolute Gasteiger partial charge is 0.522 e. The van der Waals surface area contributed by atoms with Crippen LogP contribution in [0.5, 0.6) is 0 Å². The van der Waals surface area contributed by atoms with Crippen LogP contribution in [-0.2, 0) is 9.53 Å². The number of pyridine rings is 1. The summed E-state index contributed by atoms with van der Waals surface area (Å²) in [7, 11) is 0. The Kier molecular flexibility index (Phi) is 6.54. The van der Waals surface area contributed by atoms with E-state index < -0.39 is 12.5 Å². The average Bonchev–Trinajstić information content (AvgIpc) is 3.25. The maximum absolute atomic E-state index is 12.5. The molecule has 3 heterocycles. The van der Waals surface area contributed by atoms with Crippen molar-refractivity contribution in [3.8, 4) is 0 Å². The van der Waals surface area contributed by atoms with Crippen molar-refractivity contribution in [2.45, 2.75) is 50.5 Å². The van der Waals surface area contributed by atoms with Gasteiger partial charge in [-0.05, 0) is 61.9 Å². The normalized spacial score (nSPS) is 21.2. The van der Waals surface area contributed by atoms with Gasteiger partial charge in [-0.2, -0.15) is 0 Å². The van der Waals surface area contributed by atoms with Crippen molar-refractivity contribution in [3.05, 3.63) is 41.2 Å². The van der Waals surface area contributed by atoms with Crippen LogP contribution in [0.25, 0.3) is 10.9 Å². The summed E-state index contributed by atoms with van der Waals surface area (Å²) in [6.45, 7) is 1.30. The molecule has 0 unspecified atom stereocenters. The van der Waals surface area contributed by atoms with Gasteiger partial charge in [-0.25, -0.2) is 4.98 Å². The maximum Gasteiger partial charge on any atom is 0.522 e. The molecule has 5 rings (SSSR count). The maximum atomic E-state index is 12.5. The number of benzene rings is 1. The molecule has 3 aromatic rings. The van der Waals surface area contributed by atoms with Gasteiger partial charge < -0.3 is 14.6 Å². The summed E-state index contributed by atoms with van der Waals surface area (Å²) in [6, 6.07) is 9.38. The number of nitrogens with one attached hydrogen (secondary N) is 1. The molecule has 1 saturated heterocycles. The van der Waals surface area contributed by atoms with Gasteiger partial charge in [-0.1, -0.05) is 16.7 Å². The van der Waals surface area contributed by atoms with Crippen LogP contribution < -0.4 is 10.2 Å². The van der Waals surface area contributed by atoms with E-state index in [4.69, 9.17) is 16.0 Å². The number of hydrogen-bond donors (Lipinski definition) is 1. The highest BCUT2D eigenvalue weighted by molar-refractivity contribution is 6.31. The number of rotatable bonds is 6. The van der Waals surface area contributed by atoms with Crippen LogP contribution >= 0.6 is 11.6 Å². The Balaban J connectivity index is 1.08. The Hall–Kier alpha value is -2.92. The first kappa shape index (κ1) is 23.8. The van der Waals surface area contributed by atoms with Gasteiger partial charge in [0.25, 0.3) is 0 Å². The SMILES string of the molecule is O=C(CC1CCN(c2nnc(C3CC(OC(F)(F)F)C3)o2)CC1)Nc1ccc2cc(Cl)ccc2n1. The summed E-state index contributed by atoms with van der Waals surface area (Å²) in [6.07, 6.45) is -3.14. The summed E-state index contributed by atoms with van der Waals surface area (Å²) in [5, 5.41) is 12.5. The second-order valence-electron chi connectivity index (χ2n) is 8.99. The van der Waals surface area contributed by atoms with Gasteiger partial charge in [0.2, 0.25) is 11.8 Å². The smallest absolute Gasteiger partial charge is 0.408 e. The molecule has 0 bridgehead atoms. The molecule has 2 aliphatic rings. The second-order valence-corrected chi connectivity index (χ2v) is 9.43. The van der Waals surface area contributed by atoms with Gasteiger partial charge in [0.05, 0.1) is 11.6 Å². The van der Waals surface area contributed by atoms with Crippen LogP contribution in [0.2, 0.25) is 5.02 Å². The highest BCUT2D eigenvalue weighted by Gasteiger charge is 2.42. The van der Waals surface area contributed by atoms with Crippen LogP contribution in [0, 0.1) is 5.92 Å². The van der Waals surface area contributed by atoms with Crippen LogP contribution in [0.3, 0.4) is 0 Å². The van der Waals surface area contributed by atoms with Gasteiger partial charge in [0.1, 0.15) is 5.82 Å². The Morgan fingerprint density at radius 1 is 1.17 bits per heavy atom. The summed E-state index contributed by atoms with van der Waals surface area (Å²) in [5.74, 6) is 0.739. The third-order valence-electron chi connectivity index (χ3n) is 6.45. The summed E-state index contributed by atoms with van der Waals surface area (Å²) >= 11 is 6.00. The zero-order chi connectivity index (χ0) is 24.6. The number of ether oxygens (including phenoxy) is 1. The minimum Gasteiger partial charge on any atom is -0.408 e. The molecular weight excluding hydrogens is 487 g/mol. The van der Waals surface area contributed by atoms with Gasteiger partial charge in [-0.3, -0.25) is 9.53 Å². The highest BCUT2D eigenvalue weighted by atomic mass is 35.5.